The zero-order chi connectivity index (χ0) is 20.1. The maximum absolute atomic E-state index is 13.5. The van der Waals surface area contributed by atoms with Crippen molar-refractivity contribution in [1.82, 2.24) is 10.2 Å². The lowest BCUT2D eigenvalue weighted by atomic mass is 9.97. The number of fused-ring (bicyclic) bond motifs is 1. The molecule has 2 heterocycles. The van der Waals surface area contributed by atoms with Crippen LogP contribution in [0.1, 0.15) is 38.0 Å². The molecule has 1 N–H and O–H groups in total. The maximum Gasteiger partial charge on any atom is 0.309 e. The van der Waals surface area contributed by atoms with E-state index in [1.54, 1.807) is 6.07 Å². The summed E-state index contributed by atoms with van der Waals surface area (Å²) in [6, 6.07) is 4.54. The number of furan rings is 1. The van der Waals surface area contributed by atoms with Gasteiger partial charge in [-0.25, -0.2) is 9.38 Å². The third-order valence-electron chi connectivity index (χ3n) is 5.12. The molecule has 0 atom stereocenters. The van der Waals surface area contributed by atoms with Crippen LogP contribution >= 0.6 is 24.0 Å². The van der Waals surface area contributed by atoms with E-state index in [9.17, 15) is 9.18 Å². The van der Waals surface area contributed by atoms with Crippen LogP contribution in [-0.2, 0) is 16.1 Å². The number of benzene rings is 1. The average Bonchev–Trinajstić information content (AvgIpc) is 3.01. The Kier molecular flexibility index (Phi) is 8.73. The molecule has 6 nitrogen and oxygen atoms in total. The molecule has 3 rings (SSSR count). The van der Waals surface area contributed by atoms with Gasteiger partial charge in [0.2, 0.25) is 0 Å². The predicted octanol–water partition coefficient (Wildman–Crippen LogP) is 4.24. The number of likely N-dealkylation sites (tertiary alicyclic amines) is 1. The molecule has 29 heavy (non-hydrogen) atoms. The van der Waals surface area contributed by atoms with E-state index in [1.807, 2.05) is 20.8 Å². The molecule has 8 heteroatoms. The highest BCUT2D eigenvalue weighted by molar-refractivity contribution is 14.0. The number of nitrogens with zero attached hydrogens (tertiary/aromatic N) is 2. The number of hydrogen-bond donors (Lipinski definition) is 1. The Morgan fingerprint density at radius 3 is 2.72 bits per heavy atom. The van der Waals surface area contributed by atoms with Crippen molar-refractivity contribution >= 4 is 46.9 Å². The number of rotatable bonds is 5. The van der Waals surface area contributed by atoms with Crippen molar-refractivity contribution < 1.29 is 18.3 Å². The van der Waals surface area contributed by atoms with Gasteiger partial charge in [0, 0.05) is 30.6 Å². The molecule has 1 aliphatic heterocycles. The Bertz CT molecular complexity index is 860. The highest BCUT2D eigenvalue weighted by Gasteiger charge is 2.27. The van der Waals surface area contributed by atoms with Crippen LogP contribution in [0.15, 0.2) is 27.6 Å². The fraction of sp³-hybridized carbons (Fsp3) is 0.524. The highest BCUT2D eigenvalue weighted by atomic mass is 127. The highest BCUT2D eigenvalue weighted by Crippen LogP contribution is 2.26. The number of ether oxygens (including phenoxy) is 1. The van der Waals surface area contributed by atoms with Crippen molar-refractivity contribution in [2.75, 3.05) is 26.2 Å². The summed E-state index contributed by atoms with van der Waals surface area (Å²) < 4.78 is 24.5. The van der Waals surface area contributed by atoms with Gasteiger partial charge in [-0.05, 0) is 51.8 Å². The van der Waals surface area contributed by atoms with E-state index < -0.39 is 0 Å². The van der Waals surface area contributed by atoms with Gasteiger partial charge in [-0.2, -0.15) is 0 Å². The third-order valence-corrected chi connectivity index (χ3v) is 5.12. The number of carbonyl (C=O) groups is 1. The molecule has 0 bridgehead atoms. The number of nitrogens with one attached hydrogen (secondary N) is 1. The van der Waals surface area contributed by atoms with Gasteiger partial charge in [0.1, 0.15) is 23.7 Å². The average molecular weight is 517 g/mol. The lowest BCUT2D eigenvalue weighted by Crippen LogP contribution is -2.46. The fourth-order valence-electron chi connectivity index (χ4n) is 3.55. The van der Waals surface area contributed by atoms with Gasteiger partial charge < -0.3 is 19.4 Å². The Labute approximate surface area is 187 Å². The summed E-state index contributed by atoms with van der Waals surface area (Å²) in [5.74, 6) is 1.12. The van der Waals surface area contributed by atoms with E-state index in [2.05, 4.69) is 10.2 Å². The van der Waals surface area contributed by atoms with Crippen molar-refractivity contribution in [2.45, 2.75) is 40.2 Å². The summed E-state index contributed by atoms with van der Waals surface area (Å²) in [7, 11) is 0. The van der Waals surface area contributed by atoms with Crippen molar-refractivity contribution in [2.24, 2.45) is 10.9 Å². The Balaban J connectivity index is 0.00000300. The summed E-state index contributed by atoms with van der Waals surface area (Å²) in [5, 5.41) is 4.10. The van der Waals surface area contributed by atoms with E-state index in [-0.39, 0.29) is 41.7 Å². The van der Waals surface area contributed by atoms with Gasteiger partial charge in [0.25, 0.3) is 0 Å². The molecule has 1 fully saturated rings. The molecule has 0 radical (unpaired) electrons. The van der Waals surface area contributed by atoms with Crippen LogP contribution in [-0.4, -0.2) is 43.1 Å². The largest absolute Gasteiger partial charge is 0.466 e. The summed E-state index contributed by atoms with van der Waals surface area (Å²) in [4.78, 5) is 18.8. The van der Waals surface area contributed by atoms with Crippen molar-refractivity contribution in [3.63, 3.8) is 0 Å². The predicted molar refractivity (Wildman–Crippen MR) is 122 cm³/mol. The second kappa shape index (κ2) is 10.8. The number of hydrogen-bond acceptors (Lipinski definition) is 4. The Hall–Kier alpha value is -1.84. The lowest BCUT2D eigenvalue weighted by Gasteiger charge is -2.33. The Morgan fingerprint density at radius 2 is 2.07 bits per heavy atom. The number of aryl methyl sites for hydroxylation is 1. The molecule has 1 aromatic heterocycles. The Morgan fingerprint density at radius 1 is 1.34 bits per heavy atom. The second-order valence-electron chi connectivity index (χ2n) is 6.97. The minimum atomic E-state index is -0.274. The van der Waals surface area contributed by atoms with E-state index >= 15 is 0 Å². The van der Waals surface area contributed by atoms with E-state index in [4.69, 9.17) is 14.1 Å². The van der Waals surface area contributed by atoms with Gasteiger partial charge >= 0.3 is 5.97 Å². The van der Waals surface area contributed by atoms with Gasteiger partial charge in [0.15, 0.2) is 5.96 Å². The molecule has 0 saturated carbocycles. The topological polar surface area (TPSA) is 67.1 Å². The van der Waals surface area contributed by atoms with E-state index in [0.29, 0.717) is 18.7 Å². The molecular weight excluding hydrogens is 488 g/mol. The summed E-state index contributed by atoms with van der Waals surface area (Å²) >= 11 is 0. The summed E-state index contributed by atoms with van der Waals surface area (Å²) in [6.45, 7) is 8.83. The second-order valence-corrected chi connectivity index (χ2v) is 6.97. The van der Waals surface area contributed by atoms with Crippen LogP contribution in [0.2, 0.25) is 0 Å². The maximum atomic E-state index is 13.5. The number of guanidine groups is 1. The summed E-state index contributed by atoms with van der Waals surface area (Å²) in [5.41, 5.74) is 1.58. The molecule has 0 spiro atoms. The lowest BCUT2D eigenvalue weighted by molar-refractivity contribution is -0.149. The SMILES string of the molecule is CCNC(=NCc1oc2ccc(F)cc2c1C)N1CCC(C(=O)OCC)CC1.I. The molecule has 0 amide bonds. The molecule has 1 aliphatic rings. The number of halogens is 2. The van der Waals surface area contributed by atoms with Crippen molar-refractivity contribution in [3.05, 3.63) is 35.3 Å². The van der Waals surface area contributed by atoms with Crippen LogP contribution in [0.3, 0.4) is 0 Å². The van der Waals surface area contributed by atoms with Gasteiger partial charge in [0.05, 0.1) is 12.5 Å². The number of aliphatic imine (C=N–C) groups is 1. The van der Waals surface area contributed by atoms with E-state index in [1.165, 1.54) is 12.1 Å². The standard InChI is InChI=1S/C21H28FN3O3.HI/c1-4-23-21(25-10-8-15(9-11-25)20(26)27-5-2)24-13-19-14(3)17-12-16(22)6-7-18(17)28-19;/h6-7,12,15H,4-5,8-11,13H2,1-3H3,(H,23,24);1H. The number of piperidine rings is 1. The normalized spacial score (nSPS) is 15.3. The van der Waals surface area contributed by atoms with Crippen LogP contribution < -0.4 is 5.32 Å². The molecule has 2 aromatic rings. The zero-order valence-electron chi connectivity index (χ0n) is 17.2. The molecule has 0 aliphatic carbocycles. The molecule has 0 unspecified atom stereocenters. The van der Waals surface area contributed by atoms with Gasteiger partial charge in [-0.3, -0.25) is 4.79 Å². The van der Waals surface area contributed by atoms with Crippen LogP contribution in [0, 0.1) is 18.7 Å². The first-order valence-electron chi connectivity index (χ1n) is 9.90. The summed E-state index contributed by atoms with van der Waals surface area (Å²) in [6.07, 6.45) is 1.51. The quantitative estimate of drug-likeness (QED) is 0.278. The zero-order valence-corrected chi connectivity index (χ0v) is 19.5. The minimum absolute atomic E-state index is 0. The molecule has 160 valence electrons. The first kappa shape index (κ1) is 23.4. The first-order chi connectivity index (χ1) is 13.5. The third kappa shape index (κ3) is 5.61. The van der Waals surface area contributed by atoms with Crippen LogP contribution in [0.25, 0.3) is 11.0 Å². The van der Waals surface area contributed by atoms with Crippen molar-refractivity contribution in [3.8, 4) is 0 Å². The monoisotopic (exact) mass is 517 g/mol. The van der Waals surface area contributed by atoms with Crippen LogP contribution in [0.5, 0.6) is 0 Å². The molecule has 1 aromatic carbocycles. The van der Waals surface area contributed by atoms with E-state index in [0.717, 1.165) is 55.1 Å². The number of carbonyl (C=O) groups excluding carboxylic acids is 1. The number of esters is 1. The fourth-order valence-corrected chi connectivity index (χ4v) is 3.55. The molecule has 1 saturated heterocycles. The van der Waals surface area contributed by atoms with Crippen molar-refractivity contribution in [1.29, 1.82) is 0 Å². The first-order valence-corrected chi connectivity index (χ1v) is 9.90. The van der Waals surface area contributed by atoms with Crippen LogP contribution in [0.4, 0.5) is 4.39 Å². The minimum Gasteiger partial charge on any atom is -0.466 e. The van der Waals surface area contributed by atoms with Gasteiger partial charge in [-0.1, -0.05) is 0 Å². The molecular formula is C21H29FIN3O3. The smallest absolute Gasteiger partial charge is 0.309 e. The van der Waals surface area contributed by atoms with Gasteiger partial charge in [-0.15, -0.1) is 24.0 Å².